The third-order valence-corrected chi connectivity index (χ3v) is 4.53. The van der Waals surface area contributed by atoms with E-state index in [-0.39, 0.29) is 11.3 Å². The van der Waals surface area contributed by atoms with Crippen molar-refractivity contribution in [2.45, 2.75) is 11.2 Å². The Morgan fingerprint density at radius 3 is 2.57 bits per heavy atom. The van der Waals surface area contributed by atoms with E-state index in [1.165, 1.54) is 19.2 Å². The van der Waals surface area contributed by atoms with Crippen molar-refractivity contribution in [2.75, 3.05) is 13.7 Å². The van der Waals surface area contributed by atoms with Crippen molar-refractivity contribution in [3.05, 3.63) is 58.7 Å². The van der Waals surface area contributed by atoms with Gasteiger partial charge in [0, 0.05) is 24.1 Å². The average molecular weight is 355 g/mol. The number of benzene rings is 2. The summed E-state index contributed by atoms with van der Waals surface area (Å²) in [4.78, 5) is -0.561. The number of hydrogen-bond acceptors (Lipinski definition) is 2. The molecular formula is C16H13BrF2O2. The van der Waals surface area contributed by atoms with Gasteiger partial charge in [0.1, 0.15) is 23.1 Å². The molecule has 1 heterocycles. The van der Waals surface area contributed by atoms with Gasteiger partial charge in [-0.25, -0.2) is 8.78 Å². The van der Waals surface area contributed by atoms with E-state index in [1.807, 2.05) is 18.2 Å². The molecule has 0 fully saturated rings. The zero-order valence-electron chi connectivity index (χ0n) is 11.3. The Morgan fingerprint density at radius 2 is 1.90 bits per heavy atom. The Kier molecular flexibility index (Phi) is 3.85. The summed E-state index contributed by atoms with van der Waals surface area (Å²) in [6, 6.07) is 7.94. The van der Waals surface area contributed by atoms with Crippen LogP contribution in [0.4, 0.5) is 8.78 Å². The van der Waals surface area contributed by atoms with Crippen molar-refractivity contribution in [3.8, 4) is 11.5 Å². The molecule has 0 radical (unpaired) electrons. The molecule has 1 aliphatic heterocycles. The molecule has 0 N–H and O–H groups in total. The minimum atomic E-state index is -0.634. The van der Waals surface area contributed by atoms with Gasteiger partial charge < -0.3 is 9.47 Å². The largest absolute Gasteiger partial charge is 0.497 e. The number of methoxy groups -OCH3 is 1. The second kappa shape index (κ2) is 5.64. The lowest BCUT2D eigenvalue weighted by atomic mass is 10.0. The summed E-state index contributed by atoms with van der Waals surface area (Å²) in [5.41, 5.74) is 1.84. The van der Waals surface area contributed by atoms with Crippen molar-refractivity contribution < 1.29 is 18.3 Å². The smallest absolute Gasteiger partial charge is 0.134 e. The number of rotatable bonds is 3. The molecule has 21 heavy (non-hydrogen) atoms. The highest BCUT2D eigenvalue weighted by atomic mass is 79.9. The molecule has 110 valence electrons. The molecule has 0 aromatic heterocycles. The summed E-state index contributed by atoms with van der Waals surface area (Å²) in [5, 5.41) is 0. The number of alkyl halides is 1. The van der Waals surface area contributed by atoms with Crippen LogP contribution in [0, 0.1) is 11.6 Å². The first-order chi connectivity index (χ1) is 10.1. The lowest BCUT2D eigenvalue weighted by molar-refractivity contribution is 0.357. The molecule has 3 rings (SSSR count). The van der Waals surface area contributed by atoms with Crippen molar-refractivity contribution in [1.29, 1.82) is 0 Å². The maximum absolute atomic E-state index is 14.1. The molecule has 1 aliphatic rings. The van der Waals surface area contributed by atoms with E-state index in [2.05, 4.69) is 15.9 Å². The lowest BCUT2D eigenvalue weighted by Crippen LogP contribution is -2.02. The van der Waals surface area contributed by atoms with Crippen LogP contribution in [0.1, 0.15) is 21.5 Å². The molecule has 2 aromatic carbocycles. The first-order valence-electron chi connectivity index (χ1n) is 6.52. The van der Waals surface area contributed by atoms with Gasteiger partial charge in [0.2, 0.25) is 0 Å². The molecule has 1 unspecified atom stereocenters. The summed E-state index contributed by atoms with van der Waals surface area (Å²) in [6.45, 7) is 0.650. The predicted octanol–water partition coefficient (Wildman–Crippen LogP) is 4.39. The van der Waals surface area contributed by atoms with Gasteiger partial charge >= 0.3 is 0 Å². The monoisotopic (exact) mass is 354 g/mol. The van der Waals surface area contributed by atoms with Crippen LogP contribution in [0.2, 0.25) is 0 Å². The fraction of sp³-hybridized carbons (Fsp3) is 0.250. The summed E-state index contributed by atoms with van der Waals surface area (Å²) < 4.78 is 38.6. The highest BCUT2D eigenvalue weighted by Crippen LogP contribution is 2.38. The first-order valence-corrected chi connectivity index (χ1v) is 7.44. The summed E-state index contributed by atoms with van der Waals surface area (Å²) in [6.07, 6.45) is 0.816. The molecule has 5 heteroatoms. The van der Waals surface area contributed by atoms with Crippen LogP contribution < -0.4 is 9.47 Å². The Morgan fingerprint density at radius 1 is 1.19 bits per heavy atom. The predicted molar refractivity (Wildman–Crippen MR) is 79.3 cm³/mol. The summed E-state index contributed by atoms with van der Waals surface area (Å²) in [7, 11) is 1.38. The molecule has 2 nitrogen and oxygen atoms in total. The quantitative estimate of drug-likeness (QED) is 0.761. The maximum Gasteiger partial charge on any atom is 0.134 e. The zero-order valence-corrected chi connectivity index (χ0v) is 12.9. The molecular weight excluding hydrogens is 342 g/mol. The highest BCUT2D eigenvalue weighted by Gasteiger charge is 2.22. The SMILES string of the molecule is COc1cc(F)c(C(Br)c2ccc3c(c2)CCO3)c(F)c1. The first kappa shape index (κ1) is 14.3. The topological polar surface area (TPSA) is 18.5 Å². The Labute approximate surface area is 129 Å². The van der Waals surface area contributed by atoms with Crippen LogP contribution in [-0.2, 0) is 6.42 Å². The molecule has 2 aromatic rings. The van der Waals surface area contributed by atoms with E-state index in [1.54, 1.807) is 0 Å². The third kappa shape index (κ3) is 2.62. The van der Waals surface area contributed by atoms with Crippen LogP contribution in [0.15, 0.2) is 30.3 Å². The van der Waals surface area contributed by atoms with Crippen LogP contribution in [0.5, 0.6) is 11.5 Å². The van der Waals surface area contributed by atoms with Crippen LogP contribution in [0.25, 0.3) is 0 Å². The van der Waals surface area contributed by atoms with Gasteiger partial charge in [-0.2, -0.15) is 0 Å². The lowest BCUT2D eigenvalue weighted by Gasteiger charge is -2.15. The fourth-order valence-corrected chi connectivity index (χ4v) is 3.17. The minimum Gasteiger partial charge on any atom is -0.497 e. The molecule has 1 atom stereocenters. The molecule has 0 spiro atoms. The van der Waals surface area contributed by atoms with Gasteiger partial charge in [-0.15, -0.1) is 0 Å². The number of halogens is 3. The van der Waals surface area contributed by atoms with Crippen LogP contribution in [-0.4, -0.2) is 13.7 Å². The fourth-order valence-electron chi connectivity index (χ4n) is 2.45. The third-order valence-electron chi connectivity index (χ3n) is 3.55. The number of fused-ring (bicyclic) bond motifs is 1. The second-order valence-electron chi connectivity index (χ2n) is 4.83. The van der Waals surface area contributed by atoms with E-state index in [9.17, 15) is 8.78 Å². The number of ether oxygens (including phenoxy) is 2. The molecule has 0 saturated heterocycles. The van der Waals surface area contributed by atoms with E-state index in [0.29, 0.717) is 6.61 Å². The molecule has 0 aliphatic carbocycles. The van der Waals surface area contributed by atoms with Crippen LogP contribution in [0.3, 0.4) is 0 Å². The molecule has 0 amide bonds. The van der Waals surface area contributed by atoms with Crippen molar-refractivity contribution in [1.82, 2.24) is 0 Å². The molecule has 0 bridgehead atoms. The van der Waals surface area contributed by atoms with E-state index < -0.39 is 16.5 Å². The van der Waals surface area contributed by atoms with Crippen LogP contribution >= 0.6 is 15.9 Å². The van der Waals surface area contributed by atoms with Gasteiger partial charge in [0.05, 0.1) is 18.5 Å². The Balaban J connectivity index is 2.00. The number of hydrogen-bond donors (Lipinski definition) is 0. The van der Waals surface area contributed by atoms with Crippen molar-refractivity contribution >= 4 is 15.9 Å². The summed E-state index contributed by atoms with van der Waals surface area (Å²) >= 11 is 3.39. The maximum atomic E-state index is 14.1. The Hall–Kier alpha value is -1.62. The zero-order chi connectivity index (χ0) is 15.0. The standard InChI is InChI=1S/C16H13BrF2O2/c1-20-11-7-12(18)15(13(19)8-11)16(17)10-2-3-14-9(6-10)4-5-21-14/h2-3,6-8,16H,4-5H2,1H3. The second-order valence-corrected chi connectivity index (χ2v) is 5.75. The normalized spacial score (nSPS) is 14.5. The van der Waals surface area contributed by atoms with Gasteiger partial charge in [-0.1, -0.05) is 28.1 Å². The van der Waals surface area contributed by atoms with E-state index in [4.69, 9.17) is 9.47 Å². The minimum absolute atomic E-state index is 0.0188. The average Bonchev–Trinajstić information content (AvgIpc) is 2.93. The van der Waals surface area contributed by atoms with Gasteiger partial charge in [-0.3, -0.25) is 0 Å². The van der Waals surface area contributed by atoms with E-state index in [0.717, 1.165) is 23.3 Å². The van der Waals surface area contributed by atoms with Gasteiger partial charge in [0.15, 0.2) is 0 Å². The van der Waals surface area contributed by atoms with Gasteiger partial charge in [-0.05, 0) is 17.2 Å². The Bertz CT molecular complexity index is 665. The summed E-state index contributed by atoms with van der Waals surface area (Å²) in [5.74, 6) is -0.263. The van der Waals surface area contributed by atoms with E-state index >= 15 is 0 Å². The van der Waals surface area contributed by atoms with Gasteiger partial charge in [0.25, 0.3) is 0 Å². The van der Waals surface area contributed by atoms with Crippen molar-refractivity contribution in [3.63, 3.8) is 0 Å². The van der Waals surface area contributed by atoms with Crippen molar-refractivity contribution in [2.24, 2.45) is 0 Å². The molecule has 0 saturated carbocycles. The highest BCUT2D eigenvalue weighted by molar-refractivity contribution is 9.09.